The van der Waals surface area contributed by atoms with Crippen molar-refractivity contribution in [3.63, 3.8) is 0 Å². The van der Waals surface area contributed by atoms with E-state index in [-0.39, 0.29) is 11.8 Å². The van der Waals surface area contributed by atoms with E-state index in [4.69, 9.17) is 5.11 Å². The molecule has 0 aliphatic carbocycles. The lowest BCUT2D eigenvalue weighted by Crippen LogP contribution is -2.38. The quantitative estimate of drug-likeness (QED) is 0.693. The third-order valence-corrected chi connectivity index (χ3v) is 3.82. The van der Waals surface area contributed by atoms with Gasteiger partial charge in [-0.3, -0.25) is 4.79 Å². The van der Waals surface area contributed by atoms with Crippen LogP contribution in [-0.2, 0) is 4.79 Å². The number of likely N-dealkylation sites (tertiary alicyclic amines) is 1. The van der Waals surface area contributed by atoms with Crippen LogP contribution in [0.5, 0.6) is 0 Å². The number of hydrogen-bond donors (Lipinski definition) is 2. The minimum Gasteiger partial charge on any atom is -0.396 e. The van der Waals surface area contributed by atoms with Crippen LogP contribution in [0, 0.1) is 5.92 Å². The summed E-state index contributed by atoms with van der Waals surface area (Å²) in [5, 5.41) is 11.9. The van der Waals surface area contributed by atoms with Crippen molar-refractivity contribution in [2.75, 3.05) is 26.2 Å². The molecule has 4 heteroatoms. The molecule has 0 saturated carbocycles. The molecule has 1 rings (SSSR count). The van der Waals surface area contributed by atoms with Gasteiger partial charge in [-0.05, 0) is 51.6 Å². The van der Waals surface area contributed by atoms with Crippen LogP contribution in [0.1, 0.15) is 52.4 Å². The molecule has 1 amide bonds. The number of amides is 1. The highest BCUT2D eigenvalue weighted by Crippen LogP contribution is 2.12. The molecule has 2 N–H and O–H groups in total. The van der Waals surface area contributed by atoms with Gasteiger partial charge in [0.25, 0.3) is 0 Å². The molecule has 112 valence electrons. The fourth-order valence-electron chi connectivity index (χ4n) is 2.52. The van der Waals surface area contributed by atoms with Gasteiger partial charge >= 0.3 is 0 Å². The fraction of sp³-hybridized carbons (Fsp3) is 0.933. The Morgan fingerprint density at radius 3 is 2.74 bits per heavy atom. The second-order valence-electron chi connectivity index (χ2n) is 5.92. The van der Waals surface area contributed by atoms with Crippen molar-refractivity contribution < 1.29 is 9.90 Å². The standard InChI is InChI=1S/C15H30N2O2/c1-13(2)15(19)16-14-7-6-10-17(11-8-14)9-4-3-5-12-18/h13-14,18H,3-12H2,1-2H3,(H,16,19). The van der Waals surface area contributed by atoms with Crippen LogP contribution in [0.2, 0.25) is 0 Å². The molecule has 0 aromatic heterocycles. The molecule has 0 radical (unpaired) electrons. The van der Waals surface area contributed by atoms with Crippen LogP contribution in [0.15, 0.2) is 0 Å². The number of carbonyl (C=O) groups excluding carboxylic acids is 1. The first-order valence-corrected chi connectivity index (χ1v) is 7.77. The molecular formula is C15H30N2O2. The smallest absolute Gasteiger partial charge is 0.222 e. The predicted octanol–water partition coefficient (Wildman–Crippen LogP) is 1.78. The minimum absolute atomic E-state index is 0.0813. The molecule has 1 heterocycles. The van der Waals surface area contributed by atoms with Gasteiger partial charge in [-0.25, -0.2) is 0 Å². The van der Waals surface area contributed by atoms with Crippen molar-refractivity contribution in [3.05, 3.63) is 0 Å². The Hall–Kier alpha value is -0.610. The Morgan fingerprint density at radius 1 is 1.26 bits per heavy atom. The maximum absolute atomic E-state index is 11.7. The van der Waals surface area contributed by atoms with Gasteiger partial charge < -0.3 is 15.3 Å². The number of nitrogens with one attached hydrogen (secondary N) is 1. The van der Waals surface area contributed by atoms with E-state index in [1.807, 2.05) is 13.8 Å². The molecule has 4 nitrogen and oxygen atoms in total. The second-order valence-corrected chi connectivity index (χ2v) is 5.92. The first kappa shape index (κ1) is 16.4. The Bertz CT molecular complexity index is 257. The Labute approximate surface area is 117 Å². The highest BCUT2D eigenvalue weighted by molar-refractivity contribution is 5.78. The van der Waals surface area contributed by atoms with Crippen LogP contribution in [0.3, 0.4) is 0 Å². The number of unbranched alkanes of at least 4 members (excludes halogenated alkanes) is 2. The van der Waals surface area contributed by atoms with Crippen molar-refractivity contribution in [2.24, 2.45) is 5.92 Å². The third-order valence-electron chi connectivity index (χ3n) is 3.82. The zero-order chi connectivity index (χ0) is 14.1. The maximum Gasteiger partial charge on any atom is 0.222 e. The summed E-state index contributed by atoms with van der Waals surface area (Å²) in [5.74, 6) is 0.263. The van der Waals surface area contributed by atoms with Crippen LogP contribution >= 0.6 is 0 Å². The van der Waals surface area contributed by atoms with Crippen molar-refractivity contribution in [1.29, 1.82) is 0 Å². The van der Waals surface area contributed by atoms with Crippen molar-refractivity contribution in [2.45, 2.75) is 58.4 Å². The Balaban J connectivity index is 2.21. The summed E-state index contributed by atoms with van der Waals surface area (Å²) in [5.41, 5.74) is 0. The Morgan fingerprint density at radius 2 is 2.05 bits per heavy atom. The summed E-state index contributed by atoms with van der Waals surface area (Å²) in [7, 11) is 0. The van der Waals surface area contributed by atoms with Crippen molar-refractivity contribution in [3.8, 4) is 0 Å². The molecule has 1 fully saturated rings. The van der Waals surface area contributed by atoms with E-state index in [0.29, 0.717) is 12.6 Å². The summed E-state index contributed by atoms with van der Waals surface area (Å²) in [4.78, 5) is 14.2. The summed E-state index contributed by atoms with van der Waals surface area (Å²) in [6.45, 7) is 7.56. The number of nitrogens with zero attached hydrogens (tertiary/aromatic N) is 1. The lowest BCUT2D eigenvalue weighted by atomic mass is 10.1. The summed E-state index contributed by atoms with van der Waals surface area (Å²) < 4.78 is 0. The summed E-state index contributed by atoms with van der Waals surface area (Å²) in [6.07, 6.45) is 6.54. The number of carbonyl (C=O) groups is 1. The number of rotatable bonds is 7. The molecule has 0 spiro atoms. The van der Waals surface area contributed by atoms with Gasteiger partial charge in [-0.1, -0.05) is 13.8 Å². The van der Waals surface area contributed by atoms with E-state index in [2.05, 4.69) is 10.2 Å². The van der Waals surface area contributed by atoms with E-state index in [1.165, 1.54) is 12.8 Å². The zero-order valence-electron chi connectivity index (χ0n) is 12.5. The maximum atomic E-state index is 11.7. The molecular weight excluding hydrogens is 240 g/mol. The summed E-state index contributed by atoms with van der Waals surface area (Å²) in [6, 6.07) is 0.359. The topological polar surface area (TPSA) is 52.6 Å². The average Bonchev–Trinajstić information content (AvgIpc) is 2.60. The van der Waals surface area contributed by atoms with E-state index < -0.39 is 0 Å². The van der Waals surface area contributed by atoms with E-state index >= 15 is 0 Å². The molecule has 0 aromatic carbocycles. The van der Waals surface area contributed by atoms with Gasteiger partial charge in [0.1, 0.15) is 0 Å². The van der Waals surface area contributed by atoms with Crippen LogP contribution < -0.4 is 5.32 Å². The highest BCUT2D eigenvalue weighted by atomic mass is 16.2. The van der Waals surface area contributed by atoms with E-state index in [9.17, 15) is 4.79 Å². The van der Waals surface area contributed by atoms with Crippen molar-refractivity contribution in [1.82, 2.24) is 10.2 Å². The van der Waals surface area contributed by atoms with Gasteiger partial charge in [0.05, 0.1) is 0 Å². The molecule has 1 aliphatic heterocycles. The van der Waals surface area contributed by atoms with E-state index in [1.54, 1.807) is 0 Å². The molecule has 1 atom stereocenters. The predicted molar refractivity (Wildman–Crippen MR) is 78.0 cm³/mol. The molecule has 1 saturated heterocycles. The molecule has 1 unspecified atom stereocenters. The monoisotopic (exact) mass is 270 g/mol. The van der Waals surface area contributed by atoms with Gasteiger partial charge in [0, 0.05) is 25.1 Å². The molecule has 19 heavy (non-hydrogen) atoms. The number of hydrogen-bond acceptors (Lipinski definition) is 3. The third kappa shape index (κ3) is 6.92. The first-order valence-electron chi connectivity index (χ1n) is 7.77. The molecule has 0 aromatic rings. The zero-order valence-corrected chi connectivity index (χ0v) is 12.5. The fourth-order valence-corrected chi connectivity index (χ4v) is 2.52. The SMILES string of the molecule is CC(C)C(=O)NC1CCCN(CCCCCO)CC1. The average molecular weight is 270 g/mol. The van der Waals surface area contributed by atoms with Crippen LogP contribution in [0.4, 0.5) is 0 Å². The van der Waals surface area contributed by atoms with E-state index in [0.717, 1.165) is 45.3 Å². The van der Waals surface area contributed by atoms with Crippen molar-refractivity contribution >= 4 is 5.91 Å². The summed E-state index contributed by atoms with van der Waals surface area (Å²) >= 11 is 0. The van der Waals surface area contributed by atoms with Gasteiger partial charge in [-0.15, -0.1) is 0 Å². The lowest BCUT2D eigenvalue weighted by Gasteiger charge is -2.20. The lowest BCUT2D eigenvalue weighted by molar-refractivity contribution is -0.124. The first-order chi connectivity index (χ1) is 9.13. The molecule has 1 aliphatic rings. The van der Waals surface area contributed by atoms with Crippen LogP contribution in [0.25, 0.3) is 0 Å². The van der Waals surface area contributed by atoms with Gasteiger partial charge in [0.15, 0.2) is 0 Å². The van der Waals surface area contributed by atoms with Crippen LogP contribution in [-0.4, -0.2) is 48.2 Å². The normalized spacial score (nSPS) is 21.4. The number of aliphatic hydroxyl groups is 1. The second kappa shape index (κ2) is 9.32. The highest BCUT2D eigenvalue weighted by Gasteiger charge is 2.19. The Kier molecular flexibility index (Phi) is 8.07. The van der Waals surface area contributed by atoms with Gasteiger partial charge in [0.2, 0.25) is 5.91 Å². The largest absolute Gasteiger partial charge is 0.396 e. The number of aliphatic hydroxyl groups excluding tert-OH is 1. The molecule has 0 bridgehead atoms. The van der Waals surface area contributed by atoms with Gasteiger partial charge in [-0.2, -0.15) is 0 Å². The minimum atomic E-state index is 0.0813.